The minimum atomic E-state index is -4.41. The molecule has 1 heterocycles. The van der Waals surface area contributed by atoms with Gasteiger partial charge in [-0.3, -0.25) is 0 Å². The van der Waals surface area contributed by atoms with Gasteiger partial charge in [0, 0.05) is 6.54 Å². The van der Waals surface area contributed by atoms with E-state index in [2.05, 4.69) is 10.2 Å². The number of alkyl halides is 3. The van der Waals surface area contributed by atoms with Gasteiger partial charge < -0.3 is 5.73 Å². The molecular formula is C5H7F3N4O2S2. The molecule has 0 amide bonds. The van der Waals surface area contributed by atoms with Crippen molar-refractivity contribution >= 4 is 26.5 Å². The number of hydrogen-bond acceptors (Lipinski definition) is 6. The zero-order chi connectivity index (χ0) is 12.4. The van der Waals surface area contributed by atoms with E-state index < -0.39 is 33.5 Å². The normalized spacial score (nSPS) is 12.9. The Bertz CT molecular complexity index is 454. The fourth-order valence-electron chi connectivity index (χ4n) is 0.718. The molecule has 3 N–H and O–H groups in total. The first-order valence-electron chi connectivity index (χ1n) is 3.86. The molecule has 0 aliphatic carbocycles. The summed E-state index contributed by atoms with van der Waals surface area (Å²) in [6.07, 6.45) is -5.66. The Labute approximate surface area is 92.7 Å². The lowest BCUT2D eigenvalue weighted by molar-refractivity contribution is -0.132. The molecule has 0 unspecified atom stereocenters. The van der Waals surface area contributed by atoms with E-state index in [0.717, 1.165) is 0 Å². The van der Waals surface area contributed by atoms with E-state index in [4.69, 9.17) is 5.73 Å². The molecule has 0 saturated heterocycles. The topological polar surface area (TPSA) is 98.0 Å². The molecule has 0 atom stereocenters. The Morgan fingerprint density at radius 3 is 2.44 bits per heavy atom. The molecule has 0 aliphatic heterocycles. The predicted octanol–water partition coefficient (Wildman–Crippen LogP) is 0.351. The average molecular weight is 276 g/mol. The second-order valence-electron chi connectivity index (χ2n) is 2.67. The summed E-state index contributed by atoms with van der Waals surface area (Å²) in [5.41, 5.74) is 5.15. The third-order valence-electron chi connectivity index (χ3n) is 1.35. The Morgan fingerprint density at radius 2 is 2.00 bits per heavy atom. The molecule has 92 valence electrons. The maximum Gasteiger partial charge on any atom is 0.390 e. The second kappa shape index (κ2) is 4.51. The molecule has 0 radical (unpaired) electrons. The number of nitrogens with zero attached hydrogens (tertiary/aromatic N) is 2. The summed E-state index contributed by atoms with van der Waals surface area (Å²) in [4.78, 5) is 0. The van der Waals surface area contributed by atoms with E-state index in [0.29, 0.717) is 11.3 Å². The molecular weight excluding hydrogens is 269 g/mol. The highest BCUT2D eigenvalue weighted by molar-refractivity contribution is 7.91. The van der Waals surface area contributed by atoms with Crippen LogP contribution in [-0.4, -0.2) is 31.3 Å². The number of sulfonamides is 1. The van der Waals surface area contributed by atoms with E-state index in [1.165, 1.54) is 0 Å². The number of rotatable bonds is 4. The molecule has 6 nitrogen and oxygen atoms in total. The monoisotopic (exact) mass is 276 g/mol. The summed E-state index contributed by atoms with van der Waals surface area (Å²) in [6.45, 7) is -0.745. The summed E-state index contributed by atoms with van der Waals surface area (Å²) in [5.74, 6) is 0. The quantitative estimate of drug-likeness (QED) is 0.827. The lowest BCUT2D eigenvalue weighted by Crippen LogP contribution is -2.28. The lowest BCUT2D eigenvalue weighted by Gasteiger charge is -2.06. The van der Waals surface area contributed by atoms with Crippen molar-refractivity contribution in [1.29, 1.82) is 0 Å². The van der Waals surface area contributed by atoms with Crippen LogP contribution >= 0.6 is 11.3 Å². The maximum absolute atomic E-state index is 11.8. The summed E-state index contributed by atoms with van der Waals surface area (Å²) in [5, 5.41) is 6.39. The number of anilines is 1. The fourth-order valence-corrected chi connectivity index (χ4v) is 2.57. The van der Waals surface area contributed by atoms with Crippen molar-refractivity contribution in [2.24, 2.45) is 0 Å². The highest BCUT2D eigenvalue weighted by Crippen LogP contribution is 2.20. The molecule has 0 spiro atoms. The first-order valence-corrected chi connectivity index (χ1v) is 6.16. The number of hydrogen-bond donors (Lipinski definition) is 2. The second-order valence-corrected chi connectivity index (χ2v) is 5.62. The molecule has 1 aromatic rings. The van der Waals surface area contributed by atoms with Crippen LogP contribution in [0.15, 0.2) is 4.34 Å². The van der Waals surface area contributed by atoms with Gasteiger partial charge in [0.15, 0.2) is 0 Å². The highest BCUT2D eigenvalue weighted by atomic mass is 32.2. The Kier molecular flexibility index (Phi) is 3.70. The minimum Gasteiger partial charge on any atom is -0.374 e. The molecule has 0 saturated carbocycles. The largest absolute Gasteiger partial charge is 0.390 e. The van der Waals surface area contributed by atoms with E-state index in [1.807, 2.05) is 0 Å². The van der Waals surface area contributed by atoms with Crippen molar-refractivity contribution in [3.63, 3.8) is 0 Å². The molecule has 1 aromatic heterocycles. The third-order valence-corrected chi connectivity index (χ3v) is 3.93. The zero-order valence-electron chi connectivity index (χ0n) is 7.65. The van der Waals surface area contributed by atoms with E-state index in [1.54, 1.807) is 4.72 Å². The number of aromatic nitrogens is 2. The van der Waals surface area contributed by atoms with Gasteiger partial charge in [0.1, 0.15) is 0 Å². The van der Waals surface area contributed by atoms with Crippen molar-refractivity contribution in [2.75, 3.05) is 12.3 Å². The van der Waals surface area contributed by atoms with Gasteiger partial charge in [0.25, 0.3) is 10.0 Å². The molecule has 0 fully saturated rings. The van der Waals surface area contributed by atoms with Gasteiger partial charge in [0.05, 0.1) is 6.42 Å². The molecule has 16 heavy (non-hydrogen) atoms. The Hall–Kier alpha value is -0.940. The number of halogens is 3. The SMILES string of the molecule is Nc1nnc(S(=O)(=O)NCCC(F)(F)F)s1. The standard InChI is InChI=1S/C5H7F3N4O2S2/c6-5(7,8)1-2-10-16(13,14)4-12-11-3(9)15-4/h10H,1-2H2,(H2,9,11). The smallest absolute Gasteiger partial charge is 0.374 e. The van der Waals surface area contributed by atoms with Gasteiger partial charge in [0.2, 0.25) is 9.47 Å². The van der Waals surface area contributed by atoms with Crippen LogP contribution in [0.1, 0.15) is 6.42 Å². The van der Waals surface area contributed by atoms with Gasteiger partial charge >= 0.3 is 6.18 Å². The summed E-state index contributed by atoms with van der Waals surface area (Å²) >= 11 is 0.576. The van der Waals surface area contributed by atoms with Crippen LogP contribution in [0.25, 0.3) is 0 Å². The maximum atomic E-state index is 11.8. The first-order chi connectivity index (χ1) is 7.21. The van der Waals surface area contributed by atoms with Crippen LogP contribution in [0, 0.1) is 0 Å². The van der Waals surface area contributed by atoms with Crippen molar-refractivity contribution in [3.8, 4) is 0 Å². The Morgan fingerprint density at radius 1 is 1.38 bits per heavy atom. The lowest BCUT2D eigenvalue weighted by atomic mass is 10.4. The van der Waals surface area contributed by atoms with Crippen LogP contribution in [-0.2, 0) is 10.0 Å². The van der Waals surface area contributed by atoms with Gasteiger partial charge in [-0.05, 0) is 0 Å². The van der Waals surface area contributed by atoms with Crippen LogP contribution < -0.4 is 10.5 Å². The molecule has 0 aliphatic rings. The predicted molar refractivity (Wildman–Crippen MR) is 50.2 cm³/mol. The molecule has 11 heteroatoms. The van der Waals surface area contributed by atoms with Crippen LogP contribution in [0.2, 0.25) is 0 Å². The van der Waals surface area contributed by atoms with Gasteiger partial charge in [-0.1, -0.05) is 11.3 Å². The highest BCUT2D eigenvalue weighted by Gasteiger charge is 2.28. The van der Waals surface area contributed by atoms with E-state index >= 15 is 0 Å². The van der Waals surface area contributed by atoms with Crippen LogP contribution in [0.4, 0.5) is 18.3 Å². The van der Waals surface area contributed by atoms with Crippen molar-refractivity contribution in [3.05, 3.63) is 0 Å². The molecule has 0 bridgehead atoms. The van der Waals surface area contributed by atoms with Gasteiger partial charge in [-0.25, -0.2) is 13.1 Å². The van der Waals surface area contributed by atoms with E-state index in [-0.39, 0.29) is 5.13 Å². The van der Waals surface area contributed by atoms with Crippen molar-refractivity contribution < 1.29 is 21.6 Å². The third kappa shape index (κ3) is 3.90. The van der Waals surface area contributed by atoms with Crippen LogP contribution in [0.3, 0.4) is 0 Å². The fraction of sp³-hybridized carbons (Fsp3) is 0.600. The molecule has 1 rings (SSSR count). The summed E-state index contributed by atoms with van der Waals surface area (Å²) in [7, 11) is -4.05. The number of nitrogens with one attached hydrogen (secondary N) is 1. The van der Waals surface area contributed by atoms with Crippen molar-refractivity contribution in [1.82, 2.24) is 14.9 Å². The summed E-state index contributed by atoms with van der Waals surface area (Å²) < 4.78 is 59.2. The van der Waals surface area contributed by atoms with Crippen LogP contribution in [0.5, 0.6) is 0 Å². The zero-order valence-corrected chi connectivity index (χ0v) is 9.29. The number of nitrogens with two attached hydrogens (primary N) is 1. The summed E-state index contributed by atoms with van der Waals surface area (Å²) in [6, 6.07) is 0. The van der Waals surface area contributed by atoms with Gasteiger partial charge in [-0.15, -0.1) is 10.2 Å². The Balaban J connectivity index is 2.60. The minimum absolute atomic E-state index is 0.0730. The van der Waals surface area contributed by atoms with E-state index in [9.17, 15) is 21.6 Å². The van der Waals surface area contributed by atoms with Crippen molar-refractivity contribution in [2.45, 2.75) is 16.9 Å². The molecule has 0 aromatic carbocycles. The van der Waals surface area contributed by atoms with Gasteiger partial charge in [-0.2, -0.15) is 13.2 Å². The first kappa shape index (κ1) is 13.1. The average Bonchev–Trinajstić information content (AvgIpc) is 2.49. The number of nitrogen functional groups attached to an aromatic ring is 1.